The van der Waals surface area contributed by atoms with E-state index < -0.39 is 14.6 Å². The summed E-state index contributed by atoms with van der Waals surface area (Å²) in [6.07, 6.45) is 0.444. The highest BCUT2D eigenvalue weighted by Gasteiger charge is 2.62. The van der Waals surface area contributed by atoms with Crippen molar-refractivity contribution in [2.75, 3.05) is 0 Å². The Kier molecular flexibility index (Phi) is 2.55. The van der Waals surface area contributed by atoms with E-state index >= 15 is 0 Å². The summed E-state index contributed by atoms with van der Waals surface area (Å²) < 4.78 is 23.8. The molecule has 1 aliphatic rings. The molecule has 2 atom stereocenters. The number of nitrogens with zero attached hydrogens (tertiary/aromatic N) is 1. The van der Waals surface area contributed by atoms with Gasteiger partial charge in [-0.1, -0.05) is 19.1 Å². The molecule has 0 N–H and O–H groups in total. The van der Waals surface area contributed by atoms with Crippen LogP contribution >= 0.6 is 0 Å². The third kappa shape index (κ3) is 1.57. The van der Waals surface area contributed by atoms with Crippen molar-refractivity contribution < 1.29 is 8.42 Å². The molecule has 90 valence electrons. The Balaban J connectivity index is 2.62. The van der Waals surface area contributed by atoms with E-state index in [9.17, 15) is 8.42 Å². The molecule has 0 aromatic heterocycles. The van der Waals surface area contributed by atoms with Crippen LogP contribution in [0.1, 0.15) is 24.5 Å². The van der Waals surface area contributed by atoms with Gasteiger partial charge in [-0.3, -0.25) is 0 Å². The van der Waals surface area contributed by atoms with Crippen LogP contribution in [0, 0.1) is 31.1 Å². The molecule has 1 aliphatic carbocycles. The Morgan fingerprint density at radius 3 is 2.47 bits per heavy atom. The van der Waals surface area contributed by atoms with Crippen LogP contribution in [0.3, 0.4) is 0 Å². The zero-order valence-corrected chi connectivity index (χ0v) is 11.0. The molecule has 1 saturated carbocycles. The third-order valence-electron chi connectivity index (χ3n) is 3.55. The number of sulfone groups is 1. The fourth-order valence-electron chi connectivity index (χ4n) is 2.18. The zero-order chi connectivity index (χ0) is 12.8. The van der Waals surface area contributed by atoms with E-state index in [4.69, 9.17) is 5.26 Å². The van der Waals surface area contributed by atoms with Crippen LogP contribution in [-0.4, -0.2) is 13.2 Å². The summed E-state index contributed by atoms with van der Waals surface area (Å²) in [4.78, 5) is 0.309. The lowest BCUT2D eigenvalue weighted by atomic mass is 10.2. The summed E-state index contributed by atoms with van der Waals surface area (Å²) in [6.45, 7) is 5.43. The molecule has 3 nitrogen and oxygen atoms in total. The van der Waals surface area contributed by atoms with Crippen molar-refractivity contribution in [1.29, 1.82) is 5.26 Å². The molecule has 0 bridgehead atoms. The van der Waals surface area contributed by atoms with E-state index in [1.165, 1.54) is 0 Å². The molecular formula is C13H15NO2S. The molecule has 4 heteroatoms. The summed E-state index contributed by atoms with van der Waals surface area (Å²) in [5, 5.41) is 9.15. The minimum absolute atomic E-state index is 0.0718. The largest absolute Gasteiger partial charge is 0.222 e. The Morgan fingerprint density at radius 1 is 1.41 bits per heavy atom. The first kappa shape index (κ1) is 12.1. The molecule has 1 fully saturated rings. The molecule has 0 saturated heterocycles. The maximum Gasteiger partial charge on any atom is 0.197 e. The van der Waals surface area contributed by atoms with Crippen molar-refractivity contribution in [3.8, 4) is 6.07 Å². The first-order valence-corrected chi connectivity index (χ1v) is 7.06. The van der Waals surface area contributed by atoms with Crippen LogP contribution in [-0.2, 0) is 9.84 Å². The Bertz CT molecular complexity index is 613. The average molecular weight is 249 g/mol. The summed E-state index contributed by atoms with van der Waals surface area (Å²) in [5.74, 6) is -0.0718. The van der Waals surface area contributed by atoms with Crippen LogP contribution in [0.5, 0.6) is 0 Å². The summed E-state index contributed by atoms with van der Waals surface area (Å²) in [7, 11) is -3.54. The topological polar surface area (TPSA) is 57.9 Å². The van der Waals surface area contributed by atoms with Gasteiger partial charge in [0.25, 0.3) is 0 Å². The van der Waals surface area contributed by atoms with Crippen molar-refractivity contribution >= 4 is 9.84 Å². The van der Waals surface area contributed by atoms with Gasteiger partial charge in [0.05, 0.1) is 11.0 Å². The van der Waals surface area contributed by atoms with E-state index in [0.717, 1.165) is 5.56 Å². The highest BCUT2D eigenvalue weighted by atomic mass is 32.2. The highest BCUT2D eigenvalue weighted by molar-refractivity contribution is 7.93. The van der Waals surface area contributed by atoms with Gasteiger partial charge in [0.2, 0.25) is 0 Å². The minimum Gasteiger partial charge on any atom is -0.222 e. The van der Waals surface area contributed by atoms with Gasteiger partial charge in [-0.2, -0.15) is 5.26 Å². The fourth-order valence-corrected chi connectivity index (χ4v) is 4.52. The molecular weight excluding hydrogens is 234 g/mol. The van der Waals surface area contributed by atoms with Crippen LogP contribution in [0.15, 0.2) is 23.1 Å². The normalized spacial score (nSPS) is 27.5. The SMILES string of the molecule is Cc1ccc(C)c(S(=O)(=O)C2(C#N)CC2C)c1. The Labute approximate surface area is 102 Å². The van der Waals surface area contributed by atoms with Crippen LogP contribution in [0.25, 0.3) is 0 Å². The smallest absolute Gasteiger partial charge is 0.197 e. The van der Waals surface area contributed by atoms with Crippen molar-refractivity contribution in [2.45, 2.75) is 36.8 Å². The predicted molar refractivity (Wildman–Crippen MR) is 65.2 cm³/mol. The number of hydrogen-bond donors (Lipinski definition) is 0. The van der Waals surface area contributed by atoms with Crippen LogP contribution in [0.2, 0.25) is 0 Å². The van der Waals surface area contributed by atoms with Crippen molar-refractivity contribution in [2.24, 2.45) is 5.92 Å². The van der Waals surface area contributed by atoms with E-state index in [-0.39, 0.29) is 5.92 Å². The molecule has 2 unspecified atom stereocenters. The number of nitriles is 1. The molecule has 0 spiro atoms. The van der Waals surface area contributed by atoms with E-state index in [1.807, 2.05) is 26.0 Å². The number of benzene rings is 1. The number of hydrogen-bond acceptors (Lipinski definition) is 3. The minimum atomic E-state index is -3.54. The molecule has 1 aromatic carbocycles. The summed E-state index contributed by atoms with van der Waals surface area (Å²) >= 11 is 0. The highest BCUT2D eigenvalue weighted by Crippen LogP contribution is 2.52. The lowest BCUT2D eigenvalue weighted by Crippen LogP contribution is -2.24. The summed E-state index contributed by atoms with van der Waals surface area (Å²) in [6, 6.07) is 7.33. The molecule has 0 radical (unpaired) electrons. The second-order valence-corrected chi connectivity index (χ2v) is 7.05. The second kappa shape index (κ2) is 3.58. The van der Waals surface area contributed by atoms with Gasteiger partial charge >= 0.3 is 0 Å². The van der Waals surface area contributed by atoms with Gasteiger partial charge in [0.1, 0.15) is 0 Å². The fraction of sp³-hybridized carbons (Fsp3) is 0.462. The van der Waals surface area contributed by atoms with E-state index in [2.05, 4.69) is 0 Å². The Morgan fingerprint density at radius 2 is 2.00 bits per heavy atom. The molecule has 2 rings (SSSR count). The third-order valence-corrected chi connectivity index (χ3v) is 6.19. The lowest BCUT2D eigenvalue weighted by molar-refractivity contribution is 0.584. The van der Waals surface area contributed by atoms with Gasteiger partial charge in [-0.25, -0.2) is 8.42 Å². The van der Waals surface area contributed by atoms with Crippen molar-refractivity contribution in [3.05, 3.63) is 29.3 Å². The van der Waals surface area contributed by atoms with Gasteiger partial charge < -0.3 is 0 Å². The molecule has 0 amide bonds. The maximum absolute atomic E-state index is 12.5. The standard InChI is InChI=1S/C13H15NO2S/c1-9-4-5-10(2)12(6-9)17(15,16)13(8-14)7-11(13)3/h4-6,11H,7H2,1-3H3. The van der Waals surface area contributed by atoms with E-state index in [0.29, 0.717) is 16.9 Å². The molecule has 1 aromatic rings. The first-order valence-electron chi connectivity index (χ1n) is 5.58. The predicted octanol–water partition coefficient (Wildman–Crippen LogP) is 2.38. The van der Waals surface area contributed by atoms with Crippen LogP contribution < -0.4 is 0 Å². The first-order chi connectivity index (χ1) is 7.85. The quantitative estimate of drug-likeness (QED) is 0.808. The van der Waals surface area contributed by atoms with Gasteiger partial charge in [-0.15, -0.1) is 0 Å². The van der Waals surface area contributed by atoms with E-state index in [1.54, 1.807) is 19.1 Å². The maximum atomic E-state index is 12.5. The Hall–Kier alpha value is -1.34. The van der Waals surface area contributed by atoms with Crippen LogP contribution in [0.4, 0.5) is 0 Å². The second-order valence-electron chi connectivity index (χ2n) is 4.88. The van der Waals surface area contributed by atoms with Crippen molar-refractivity contribution in [1.82, 2.24) is 0 Å². The number of rotatable bonds is 2. The summed E-state index contributed by atoms with van der Waals surface area (Å²) in [5.41, 5.74) is 1.61. The zero-order valence-electron chi connectivity index (χ0n) is 10.2. The van der Waals surface area contributed by atoms with Gasteiger partial charge in [0, 0.05) is 0 Å². The number of aryl methyl sites for hydroxylation is 2. The van der Waals surface area contributed by atoms with Gasteiger partial charge in [0.15, 0.2) is 14.6 Å². The average Bonchev–Trinajstić information content (AvgIpc) is 2.95. The van der Waals surface area contributed by atoms with Gasteiger partial charge in [-0.05, 0) is 43.4 Å². The lowest BCUT2D eigenvalue weighted by Gasteiger charge is -2.12. The monoisotopic (exact) mass is 249 g/mol. The molecule has 17 heavy (non-hydrogen) atoms. The molecule has 0 aliphatic heterocycles. The van der Waals surface area contributed by atoms with Crippen molar-refractivity contribution in [3.63, 3.8) is 0 Å². The molecule has 0 heterocycles.